The second-order valence-electron chi connectivity index (χ2n) is 5.24. The summed E-state index contributed by atoms with van der Waals surface area (Å²) in [7, 11) is 0. The van der Waals surface area contributed by atoms with Crippen LogP contribution in [-0.2, 0) is 6.42 Å². The molecule has 0 aromatic heterocycles. The number of aryl methyl sites for hydroxylation is 1. The number of nitrogens with zero attached hydrogens (tertiary/aromatic N) is 1. The van der Waals surface area contributed by atoms with E-state index in [1.165, 1.54) is 70.4 Å². The molecular formula is C16H26N2. The van der Waals surface area contributed by atoms with Gasteiger partial charge in [0.15, 0.2) is 0 Å². The molecule has 0 aliphatic carbocycles. The number of unbranched alkanes of at least 4 members (excludes halogenated alkanes) is 2. The molecule has 0 saturated carbocycles. The summed E-state index contributed by atoms with van der Waals surface area (Å²) in [6.07, 6.45) is 6.59. The van der Waals surface area contributed by atoms with Crippen LogP contribution in [-0.4, -0.2) is 37.6 Å². The first-order valence-corrected chi connectivity index (χ1v) is 7.42. The van der Waals surface area contributed by atoms with Crippen molar-refractivity contribution in [1.82, 2.24) is 10.2 Å². The zero-order chi connectivity index (χ0) is 12.5. The molecule has 0 atom stereocenters. The summed E-state index contributed by atoms with van der Waals surface area (Å²) in [6, 6.07) is 10.8. The Balaban J connectivity index is 1.53. The van der Waals surface area contributed by atoms with Crippen LogP contribution < -0.4 is 5.32 Å². The first-order chi connectivity index (χ1) is 8.95. The lowest BCUT2D eigenvalue weighted by Crippen LogP contribution is -2.29. The van der Waals surface area contributed by atoms with E-state index in [0.29, 0.717) is 0 Å². The van der Waals surface area contributed by atoms with Crippen molar-refractivity contribution in [3.63, 3.8) is 0 Å². The van der Waals surface area contributed by atoms with Gasteiger partial charge in [-0.1, -0.05) is 36.8 Å². The molecule has 1 aliphatic rings. The van der Waals surface area contributed by atoms with Crippen molar-refractivity contribution in [3.05, 3.63) is 35.9 Å². The molecule has 0 radical (unpaired) electrons. The van der Waals surface area contributed by atoms with Gasteiger partial charge in [0.25, 0.3) is 0 Å². The van der Waals surface area contributed by atoms with Crippen molar-refractivity contribution < 1.29 is 0 Å². The zero-order valence-electron chi connectivity index (χ0n) is 11.4. The fourth-order valence-corrected chi connectivity index (χ4v) is 2.61. The Labute approximate surface area is 111 Å². The highest BCUT2D eigenvalue weighted by molar-refractivity contribution is 5.14. The third-order valence-electron chi connectivity index (χ3n) is 3.72. The van der Waals surface area contributed by atoms with Gasteiger partial charge in [-0.3, -0.25) is 0 Å². The average molecular weight is 246 g/mol. The van der Waals surface area contributed by atoms with E-state index in [-0.39, 0.29) is 0 Å². The lowest BCUT2D eigenvalue weighted by atomic mass is 10.1. The molecule has 2 rings (SSSR count). The number of benzene rings is 1. The quantitative estimate of drug-likeness (QED) is 0.776. The van der Waals surface area contributed by atoms with E-state index in [2.05, 4.69) is 40.5 Å². The lowest BCUT2D eigenvalue weighted by molar-refractivity contribution is 0.285. The normalized spacial score (nSPS) is 17.6. The highest BCUT2D eigenvalue weighted by Gasteiger charge is 2.07. The number of hydrogen-bond donors (Lipinski definition) is 1. The highest BCUT2D eigenvalue weighted by Crippen LogP contribution is 2.07. The second kappa shape index (κ2) is 8.28. The Kier molecular flexibility index (Phi) is 6.24. The fourth-order valence-electron chi connectivity index (χ4n) is 2.61. The van der Waals surface area contributed by atoms with E-state index in [0.717, 1.165) is 0 Å². The van der Waals surface area contributed by atoms with Crippen LogP contribution in [0.5, 0.6) is 0 Å². The Morgan fingerprint density at radius 2 is 1.83 bits per heavy atom. The zero-order valence-corrected chi connectivity index (χ0v) is 11.4. The first-order valence-electron chi connectivity index (χ1n) is 7.42. The summed E-state index contributed by atoms with van der Waals surface area (Å²) in [5.41, 5.74) is 1.48. The van der Waals surface area contributed by atoms with Crippen LogP contribution in [0.4, 0.5) is 0 Å². The first kappa shape index (κ1) is 13.6. The van der Waals surface area contributed by atoms with E-state index < -0.39 is 0 Å². The fraction of sp³-hybridized carbons (Fsp3) is 0.625. The largest absolute Gasteiger partial charge is 0.315 e. The maximum atomic E-state index is 3.46. The summed E-state index contributed by atoms with van der Waals surface area (Å²) in [5.74, 6) is 0. The van der Waals surface area contributed by atoms with Crippen molar-refractivity contribution in [2.24, 2.45) is 0 Å². The van der Waals surface area contributed by atoms with E-state index in [1.54, 1.807) is 0 Å². The van der Waals surface area contributed by atoms with Crippen molar-refractivity contribution in [2.45, 2.75) is 32.1 Å². The molecule has 0 bridgehead atoms. The Morgan fingerprint density at radius 3 is 2.72 bits per heavy atom. The third-order valence-corrected chi connectivity index (χ3v) is 3.72. The minimum absolute atomic E-state index is 1.17. The molecule has 100 valence electrons. The topological polar surface area (TPSA) is 15.3 Å². The molecule has 1 aromatic rings. The van der Waals surface area contributed by atoms with E-state index in [1.807, 2.05) is 0 Å². The number of rotatable bonds is 6. The minimum Gasteiger partial charge on any atom is -0.315 e. The van der Waals surface area contributed by atoms with Crippen LogP contribution in [0.1, 0.15) is 31.2 Å². The molecule has 1 aromatic carbocycles. The predicted molar refractivity (Wildman–Crippen MR) is 77.9 cm³/mol. The minimum atomic E-state index is 1.17. The number of hydrogen-bond acceptors (Lipinski definition) is 2. The van der Waals surface area contributed by atoms with Gasteiger partial charge in [0.1, 0.15) is 0 Å². The van der Waals surface area contributed by atoms with Gasteiger partial charge < -0.3 is 10.2 Å². The Bertz CT molecular complexity index is 302. The van der Waals surface area contributed by atoms with Gasteiger partial charge in [-0.05, 0) is 50.9 Å². The second-order valence-corrected chi connectivity index (χ2v) is 5.24. The van der Waals surface area contributed by atoms with Crippen molar-refractivity contribution >= 4 is 0 Å². The highest BCUT2D eigenvalue weighted by atomic mass is 15.1. The van der Waals surface area contributed by atoms with E-state index in [4.69, 9.17) is 0 Å². The molecule has 1 N–H and O–H groups in total. The molecule has 1 fully saturated rings. The van der Waals surface area contributed by atoms with Crippen molar-refractivity contribution in [3.8, 4) is 0 Å². The maximum absolute atomic E-state index is 3.46. The molecule has 2 heteroatoms. The maximum Gasteiger partial charge on any atom is 0.0107 e. The van der Waals surface area contributed by atoms with Crippen molar-refractivity contribution in [2.75, 3.05) is 32.7 Å². The van der Waals surface area contributed by atoms with Crippen LogP contribution in [0, 0.1) is 0 Å². The molecule has 0 spiro atoms. The summed E-state index contributed by atoms with van der Waals surface area (Å²) in [6.45, 7) is 6.18. The lowest BCUT2D eigenvalue weighted by Gasteiger charge is -2.18. The molecular weight excluding hydrogens is 220 g/mol. The standard InChI is InChI=1S/C16H26N2/c1-3-8-16(9-4-1)10-5-2-6-13-18-14-7-11-17-12-15-18/h1,3-4,8-9,17H,2,5-7,10-15H2. The summed E-state index contributed by atoms with van der Waals surface area (Å²) in [5, 5.41) is 3.46. The molecule has 1 saturated heterocycles. The van der Waals surface area contributed by atoms with Crippen LogP contribution in [0.15, 0.2) is 30.3 Å². The SMILES string of the molecule is c1ccc(CCCCCN2CCCNCC2)cc1. The van der Waals surface area contributed by atoms with Crippen LogP contribution >= 0.6 is 0 Å². The van der Waals surface area contributed by atoms with Gasteiger partial charge in [-0.25, -0.2) is 0 Å². The number of nitrogens with one attached hydrogen (secondary N) is 1. The van der Waals surface area contributed by atoms with Gasteiger partial charge >= 0.3 is 0 Å². The van der Waals surface area contributed by atoms with Crippen LogP contribution in [0.3, 0.4) is 0 Å². The van der Waals surface area contributed by atoms with Gasteiger partial charge in [-0.2, -0.15) is 0 Å². The molecule has 1 aliphatic heterocycles. The molecule has 0 amide bonds. The summed E-state index contributed by atoms with van der Waals surface area (Å²) >= 11 is 0. The molecule has 1 heterocycles. The monoisotopic (exact) mass is 246 g/mol. The smallest absolute Gasteiger partial charge is 0.0107 e. The van der Waals surface area contributed by atoms with Crippen LogP contribution in [0.2, 0.25) is 0 Å². The third kappa shape index (κ3) is 5.19. The van der Waals surface area contributed by atoms with Crippen molar-refractivity contribution in [1.29, 1.82) is 0 Å². The average Bonchev–Trinajstić information content (AvgIpc) is 2.68. The van der Waals surface area contributed by atoms with Crippen LogP contribution in [0.25, 0.3) is 0 Å². The van der Waals surface area contributed by atoms with Gasteiger partial charge in [0, 0.05) is 13.1 Å². The molecule has 18 heavy (non-hydrogen) atoms. The Hall–Kier alpha value is -0.860. The van der Waals surface area contributed by atoms with E-state index >= 15 is 0 Å². The predicted octanol–water partition coefficient (Wildman–Crippen LogP) is 2.69. The van der Waals surface area contributed by atoms with E-state index in [9.17, 15) is 0 Å². The van der Waals surface area contributed by atoms with Gasteiger partial charge in [-0.15, -0.1) is 0 Å². The molecule has 0 unspecified atom stereocenters. The summed E-state index contributed by atoms with van der Waals surface area (Å²) < 4.78 is 0. The van der Waals surface area contributed by atoms with Gasteiger partial charge in [0.05, 0.1) is 0 Å². The Morgan fingerprint density at radius 1 is 0.944 bits per heavy atom. The van der Waals surface area contributed by atoms with Gasteiger partial charge in [0.2, 0.25) is 0 Å². The molecule has 2 nitrogen and oxygen atoms in total. The summed E-state index contributed by atoms with van der Waals surface area (Å²) in [4.78, 5) is 2.61.